The van der Waals surface area contributed by atoms with Gasteiger partial charge in [0.05, 0.1) is 5.92 Å². The lowest BCUT2D eigenvalue weighted by atomic mass is 10.00. The van der Waals surface area contributed by atoms with Gasteiger partial charge in [0, 0.05) is 6.54 Å². The number of hydrogen-bond donors (Lipinski definition) is 1. The lowest BCUT2D eigenvalue weighted by Crippen LogP contribution is -2.26. The molecule has 0 aliphatic heterocycles. The van der Waals surface area contributed by atoms with Crippen molar-refractivity contribution in [3.8, 4) is 0 Å². The first kappa shape index (κ1) is 17.7. The molecule has 0 saturated carbocycles. The third kappa shape index (κ3) is 6.27. The first-order valence-electron chi connectivity index (χ1n) is 7.62. The fourth-order valence-corrected chi connectivity index (χ4v) is 2.27. The standard InChI is InChI=1S/C17H28N2O2/c1-5-19(12-6-11-18(3)4)13-15-7-9-16(10-8-15)14(2)17(20)21/h7-10,14H,5-6,11-13H2,1-4H3,(H,20,21). The average molecular weight is 292 g/mol. The van der Waals surface area contributed by atoms with Crippen LogP contribution in [-0.2, 0) is 11.3 Å². The molecule has 21 heavy (non-hydrogen) atoms. The van der Waals surface area contributed by atoms with Gasteiger partial charge in [-0.3, -0.25) is 9.69 Å². The molecule has 0 bridgehead atoms. The van der Waals surface area contributed by atoms with Gasteiger partial charge in [-0.1, -0.05) is 31.2 Å². The summed E-state index contributed by atoms with van der Waals surface area (Å²) in [5.41, 5.74) is 2.10. The second-order valence-corrected chi connectivity index (χ2v) is 5.83. The number of rotatable bonds is 9. The summed E-state index contributed by atoms with van der Waals surface area (Å²) in [6, 6.07) is 7.95. The smallest absolute Gasteiger partial charge is 0.310 e. The SMILES string of the molecule is CCN(CCCN(C)C)Cc1ccc(C(C)C(=O)O)cc1. The third-order valence-electron chi connectivity index (χ3n) is 3.78. The lowest BCUT2D eigenvalue weighted by molar-refractivity contribution is -0.138. The highest BCUT2D eigenvalue weighted by molar-refractivity contribution is 5.75. The molecule has 0 aliphatic rings. The van der Waals surface area contributed by atoms with E-state index in [9.17, 15) is 4.79 Å². The van der Waals surface area contributed by atoms with Gasteiger partial charge in [0.15, 0.2) is 0 Å². The number of carboxylic acid groups (broad SMARTS) is 1. The second-order valence-electron chi connectivity index (χ2n) is 5.83. The van der Waals surface area contributed by atoms with E-state index in [2.05, 4.69) is 30.8 Å². The fourth-order valence-electron chi connectivity index (χ4n) is 2.27. The van der Waals surface area contributed by atoms with Crippen molar-refractivity contribution in [2.45, 2.75) is 32.7 Å². The van der Waals surface area contributed by atoms with Crippen molar-refractivity contribution >= 4 is 5.97 Å². The van der Waals surface area contributed by atoms with Gasteiger partial charge in [-0.05, 0) is 58.2 Å². The van der Waals surface area contributed by atoms with E-state index in [0.29, 0.717) is 0 Å². The van der Waals surface area contributed by atoms with Crippen LogP contribution in [-0.4, -0.2) is 54.6 Å². The van der Waals surface area contributed by atoms with Crippen LogP contribution < -0.4 is 0 Å². The zero-order valence-corrected chi connectivity index (χ0v) is 13.7. The van der Waals surface area contributed by atoms with Crippen LogP contribution >= 0.6 is 0 Å². The molecule has 1 rings (SSSR count). The second kappa shape index (κ2) is 8.80. The van der Waals surface area contributed by atoms with Gasteiger partial charge >= 0.3 is 5.97 Å². The number of benzene rings is 1. The van der Waals surface area contributed by atoms with Crippen molar-refractivity contribution in [2.75, 3.05) is 33.7 Å². The molecule has 1 aromatic carbocycles. The minimum absolute atomic E-state index is 0.443. The monoisotopic (exact) mass is 292 g/mol. The molecule has 1 aromatic rings. The minimum Gasteiger partial charge on any atom is -0.481 e. The Labute approximate surface area is 128 Å². The number of nitrogens with zero attached hydrogens (tertiary/aromatic N) is 2. The highest BCUT2D eigenvalue weighted by Crippen LogP contribution is 2.17. The Morgan fingerprint density at radius 1 is 1.19 bits per heavy atom. The third-order valence-corrected chi connectivity index (χ3v) is 3.78. The summed E-state index contributed by atoms with van der Waals surface area (Å²) in [6.07, 6.45) is 1.16. The molecule has 0 aromatic heterocycles. The predicted octanol–water partition coefficient (Wildman–Crippen LogP) is 2.65. The summed E-state index contributed by atoms with van der Waals surface area (Å²) < 4.78 is 0. The van der Waals surface area contributed by atoms with Gasteiger partial charge in [0.2, 0.25) is 0 Å². The molecule has 0 radical (unpaired) electrons. The molecule has 0 aliphatic carbocycles. The van der Waals surface area contributed by atoms with Crippen molar-refractivity contribution in [1.29, 1.82) is 0 Å². The van der Waals surface area contributed by atoms with Crippen LogP contribution in [0.4, 0.5) is 0 Å². The Kier molecular flexibility index (Phi) is 7.40. The molecule has 0 fully saturated rings. The van der Waals surface area contributed by atoms with E-state index in [4.69, 9.17) is 5.11 Å². The first-order valence-corrected chi connectivity index (χ1v) is 7.62. The van der Waals surface area contributed by atoms with Crippen LogP contribution in [0.15, 0.2) is 24.3 Å². The van der Waals surface area contributed by atoms with Gasteiger partial charge in [0.25, 0.3) is 0 Å². The van der Waals surface area contributed by atoms with Gasteiger partial charge in [0.1, 0.15) is 0 Å². The van der Waals surface area contributed by atoms with Crippen molar-refractivity contribution in [1.82, 2.24) is 9.80 Å². The van der Waals surface area contributed by atoms with Crippen molar-refractivity contribution in [3.05, 3.63) is 35.4 Å². The number of carboxylic acids is 1. The van der Waals surface area contributed by atoms with Crippen LogP contribution in [0.3, 0.4) is 0 Å². The molecule has 118 valence electrons. The molecule has 0 spiro atoms. The van der Waals surface area contributed by atoms with E-state index in [1.54, 1.807) is 6.92 Å². The van der Waals surface area contributed by atoms with E-state index in [1.807, 2.05) is 24.3 Å². The summed E-state index contributed by atoms with van der Waals surface area (Å²) in [5.74, 6) is -1.22. The summed E-state index contributed by atoms with van der Waals surface area (Å²) >= 11 is 0. The lowest BCUT2D eigenvalue weighted by Gasteiger charge is -2.21. The van der Waals surface area contributed by atoms with Crippen LogP contribution in [0, 0.1) is 0 Å². The summed E-state index contributed by atoms with van der Waals surface area (Å²) in [7, 11) is 4.19. The molecule has 1 N–H and O–H groups in total. The quantitative estimate of drug-likeness (QED) is 0.760. The van der Waals surface area contributed by atoms with E-state index in [0.717, 1.165) is 38.2 Å². The Hall–Kier alpha value is -1.39. The normalized spacial score (nSPS) is 12.9. The van der Waals surface area contributed by atoms with Crippen molar-refractivity contribution in [3.63, 3.8) is 0 Å². The molecule has 0 heterocycles. The van der Waals surface area contributed by atoms with Gasteiger partial charge in [-0.25, -0.2) is 0 Å². The largest absolute Gasteiger partial charge is 0.481 e. The number of aliphatic carboxylic acids is 1. The van der Waals surface area contributed by atoms with E-state index in [1.165, 1.54) is 5.56 Å². The Balaban J connectivity index is 2.54. The zero-order valence-electron chi connectivity index (χ0n) is 13.7. The average Bonchev–Trinajstić information content (AvgIpc) is 2.45. The number of hydrogen-bond acceptors (Lipinski definition) is 3. The maximum atomic E-state index is 11.0. The number of carbonyl (C=O) groups is 1. The maximum absolute atomic E-state index is 11.0. The Morgan fingerprint density at radius 2 is 1.81 bits per heavy atom. The van der Waals surface area contributed by atoms with Gasteiger partial charge < -0.3 is 10.0 Å². The van der Waals surface area contributed by atoms with Crippen molar-refractivity contribution in [2.24, 2.45) is 0 Å². The Morgan fingerprint density at radius 3 is 2.29 bits per heavy atom. The molecule has 0 amide bonds. The Bertz CT molecular complexity index is 429. The molecule has 1 atom stereocenters. The fraction of sp³-hybridized carbons (Fsp3) is 0.588. The minimum atomic E-state index is -0.776. The van der Waals surface area contributed by atoms with Crippen LogP contribution in [0.25, 0.3) is 0 Å². The van der Waals surface area contributed by atoms with Gasteiger partial charge in [-0.2, -0.15) is 0 Å². The van der Waals surface area contributed by atoms with E-state index < -0.39 is 11.9 Å². The van der Waals surface area contributed by atoms with E-state index >= 15 is 0 Å². The molecule has 0 saturated heterocycles. The summed E-state index contributed by atoms with van der Waals surface area (Å²) in [5, 5.41) is 9.02. The topological polar surface area (TPSA) is 43.8 Å². The van der Waals surface area contributed by atoms with Crippen LogP contribution in [0.5, 0.6) is 0 Å². The zero-order chi connectivity index (χ0) is 15.8. The van der Waals surface area contributed by atoms with Crippen LogP contribution in [0.1, 0.15) is 37.3 Å². The predicted molar refractivity (Wildman–Crippen MR) is 86.6 cm³/mol. The van der Waals surface area contributed by atoms with Crippen LogP contribution in [0.2, 0.25) is 0 Å². The molecule has 1 unspecified atom stereocenters. The highest BCUT2D eigenvalue weighted by Gasteiger charge is 2.13. The molecular formula is C17H28N2O2. The van der Waals surface area contributed by atoms with Gasteiger partial charge in [-0.15, -0.1) is 0 Å². The summed E-state index contributed by atoms with van der Waals surface area (Å²) in [6.45, 7) is 8.04. The summed E-state index contributed by atoms with van der Waals surface area (Å²) in [4.78, 5) is 15.6. The highest BCUT2D eigenvalue weighted by atomic mass is 16.4. The molecule has 4 nitrogen and oxygen atoms in total. The molecule has 4 heteroatoms. The van der Waals surface area contributed by atoms with E-state index in [-0.39, 0.29) is 0 Å². The maximum Gasteiger partial charge on any atom is 0.310 e. The molecular weight excluding hydrogens is 264 g/mol. The first-order chi connectivity index (χ1) is 9.93. The van der Waals surface area contributed by atoms with Crippen molar-refractivity contribution < 1.29 is 9.90 Å².